The normalized spacial score (nSPS) is 11.4. The monoisotopic (exact) mass is 309 g/mol. The van der Waals surface area contributed by atoms with Gasteiger partial charge in [0, 0.05) is 33.4 Å². The average Bonchev–Trinajstić information content (AvgIpc) is 2.85. The topological polar surface area (TPSA) is 47.7 Å². The molecule has 0 fully saturated rings. The summed E-state index contributed by atoms with van der Waals surface area (Å²) in [5.74, 6) is 0. The minimum absolute atomic E-state index is 0. The molecule has 0 saturated carbocycles. The van der Waals surface area contributed by atoms with E-state index in [2.05, 4.69) is 15.5 Å². The Bertz CT molecular complexity index is 561. The summed E-state index contributed by atoms with van der Waals surface area (Å²) in [6, 6.07) is 2.89. The van der Waals surface area contributed by atoms with Gasteiger partial charge in [0.2, 0.25) is 0 Å². The van der Waals surface area contributed by atoms with E-state index in [0.717, 1.165) is 16.4 Å². The molecule has 0 atom stereocenters. The summed E-state index contributed by atoms with van der Waals surface area (Å²) >= 11 is 0. The zero-order valence-corrected chi connectivity index (χ0v) is 11.8. The van der Waals surface area contributed by atoms with Crippen LogP contribution < -0.4 is 5.32 Å². The van der Waals surface area contributed by atoms with Gasteiger partial charge >= 0.3 is 6.18 Å². The Balaban J connectivity index is 0.00000200. The molecule has 0 aromatic carbocycles. The molecular formula is C11H15ClF3N5. The van der Waals surface area contributed by atoms with Crippen molar-refractivity contribution < 1.29 is 13.2 Å². The zero-order chi connectivity index (χ0) is 14.0. The Labute approximate surface area is 120 Å². The van der Waals surface area contributed by atoms with Gasteiger partial charge < -0.3 is 5.32 Å². The highest BCUT2D eigenvalue weighted by Crippen LogP contribution is 2.29. The summed E-state index contributed by atoms with van der Waals surface area (Å²) in [6.45, 7) is 0.795. The van der Waals surface area contributed by atoms with Gasteiger partial charge in [0.1, 0.15) is 5.69 Å². The third kappa shape index (κ3) is 3.73. The Kier molecular flexibility index (Phi) is 5.18. The molecular weight excluding hydrogens is 295 g/mol. The molecule has 0 radical (unpaired) electrons. The minimum Gasteiger partial charge on any atom is -0.305 e. The summed E-state index contributed by atoms with van der Waals surface area (Å²) < 4.78 is 40.3. The molecule has 2 aromatic rings. The highest BCUT2D eigenvalue weighted by Gasteiger charge is 2.34. The lowest BCUT2D eigenvalue weighted by molar-refractivity contribution is -0.143. The fourth-order valence-corrected chi connectivity index (χ4v) is 1.77. The molecule has 0 bridgehead atoms. The molecule has 0 amide bonds. The van der Waals surface area contributed by atoms with Gasteiger partial charge in [-0.2, -0.15) is 23.4 Å². The Hall–Kier alpha value is -1.54. The molecule has 0 aliphatic heterocycles. The maximum absolute atomic E-state index is 12.6. The first kappa shape index (κ1) is 16.5. The molecule has 0 aliphatic rings. The second-order valence-corrected chi connectivity index (χ2v) is 4.19. The van der Waals surface area contributed by atoms with Gasteiger partial charge in [-0.3, -0.25) is 9.36 Å². The summed E-state index contributed by atoms with van der Waals surface area (Å²) in [7, 11) is 3.09. The van der Waals surface area contributed by atoms with E-state index in [-0.39, 0.29) is 19.0 Å². The van der Waals surface area contributed by atoms with Gasteiger partial charge in [0.15, 0.2) is 0 Å². The van der Waals surface area contributed by atoms with Crippen LogP contribution in [0.5, 0.6) is 0 Å². The van der Waals surface area contributed by atoms with Crippen LogP contribution in [0.4, 0.5) is 13.2 Å². The first-order valence-corrected chi connectivity index (χ1v) is 5.65. The summed E-state index contributed by atoms with van der Waals surface area (Å²) in [5.41, 5.74) is 0.564. The molecule has 0 aliphatic carbocycles. The fraction of sp³-hybridized carbons (Fsp3) is 0.455. The minimum atomic E-state index is -4.37. The largest absolute Gasteiger partial charge is 0.433 e. The molecule has 1 N–H and O–H groups in total. The first-order valence-electron chi connectivity index (χ1n) is 5.65. The number of hydrogen-bond donors (Lipinski definition) is 1. The highest BCUT2D eigenvalue weighted by molar-refractivity contribution is 5.85. The van der Waals surface area contributed by atoms with Crippen molar-refractivity contribution in [1.82, 2.24) is 24.9 Å². The molecule has 9 heteroatoms. The molecule has 0 unspecified atom stereocenters. The van der Waals surface area contributed by atoms with E-state index in [0.29, 0.717) is 12.2 Å². The SMILES string of the molecule is Cl.Cn1nccc1CNCc1cc(C(F)(F)F)n(C)n1. The Morgan fingerprint density at radius 1 is 1.20 bits per heavy atom. The first-order chi connectivity index (χ1) is 8.88. The number of aromatic nitrogens is 4. The van der Waals surface area contributed by atoms with E-state index in [1.165, 1.54) is 7.05 Å². The predicted molar refractivity (Wildman–Crippen MR) is 69.2 cm³/mol. The van der Waals surface area contributed by atoms with Crippen LogP contribution in [0, 0.1) is 0 Å². The average molecular weight is 310 g/mol. The zero-order valence-electron chi connectivity index (χ0n) is 11.0. The van der Waals surface area contributed by atoms with Gasteiger partial charge in [0.25, 0.3) is 0 Å². The molecule has 2 aromatic heterocycles. The van der Waals surface area contributed by atoms with Crippen LogP contribution in [0.15, 0.2) is 18.3 Å². The van der Waals surface area contributed by atoms with Gasteiger partial charge in [-0.05, 0) is 12.1 Å². The lowest BCUT2D eigenvalue weighted by atomic mass is 10.3. The van der Waals surface area contributed by atoms with Crippen molar-refractivity contribution in [2.75, 3.05) is 0 Å². The third-order valence-electron chi connectivity index (χ3n) is 2.76. The summed E-state index contributed by atoms with van der Waals surface area (Å²) in [4.78, 5) is 0. The Morgan fingerprint density at radius 3 is 2.40 bits per heavy atom. The van der Waals surface area contributed by atoms with Crippen LogP contribution in [0.3, 0.4) is 0 Å². The summed E-state index contributed by atoms with van der Waals surface area (Å²) in [5, 5.41) is 10.9. The quantitative estimate of drug-likeness (QED) is 0.938. The molecule has 0 spiro atoms. The third-order valence-corrected chi connectivity index (χ3v) is 2.76. The predicted octanol–water partition coefficient (Wildman–Crippen LogP) is 1.88. The van der Waals surface area contributed by atoms with E-state index < -0.39 is 11.9 Å². The number of aryl methyl sites for hydroxylation is 2. The maximum atomic E-state index is 12.6. The lowest BCUT2D eigenvalue weighted by Gasteiger charge is -2.04. The number of rotatable bonds is 4. The summed E-state index contributed by atoms with van der Waals surface area (Å²) in [6.07, 6.45) is -2.71. The van der Waals surface area contributed by atoms with Gasteiger partial charge in [0.05, 0.1) is 11.4 Å². The lowest BCUT2D eigenvalue weighted by Crippen LogP contribution is -2.15. The van der Waals surface area contributed by atoms with Crippen LogP contribution >= 0.6 is 12.4 Å². The fourth-order valence-electron chi connectivity index (χ4n) is 1.77. The molecule has 2 rings (SSSR count). The van der Waals surface area contributed by atoms with E-state index in [1.807, 2.05) is 6.07 Å². The van der Waals surface area contributed by atoms with Crippen LogP contribution in [0.1, 0.15) is 17.1 Å². The van der Waals surface area contributed by atoms with Crippen molar-refractivity contribution in [2.45, 2.75) is 19.3 Å². The van der Waals surface area contributed by atoms with Crippen molar-refractivity contribution in [3.8, 4) is 0 Å². The van der Waals surface area contributed by atoms with Gasteiger partial charge in [-0.25, -0.2) is 0 Å². The second-order valence-electron chi connectivity index (χ2n) is 4.19. The molecule has 20 heavy (non-hydrogen) atoms. The van der Waals surface area contributed by atoms with Gasteiger partial charge in [-0.15, -0.1) is 12.4 Å². The molecule has 112 valence electrons. The van der Waals surface area contributed by atoms with Crippen molar-refractivity contribution >= 4 is 12.4 Å². The Morgan fingerprint density at radius 2 is 1.90 bits per heavy atom. The van der Waals surface area contributed by atoms with Crippen molar-refractivity contribution in [3.05, 3.63) is 35.4 Å². The standard InChI is InChI=1S/C11H14F3N5.ClH/c1-18-9(3-4-16-18)7-15-6-8-5-10(11(12,13)14)19(2)17-8;/h3-5,15H,6-7H2,1-2H3;1H. The van der Waals surface area contributed by atoms with Crippen molar-refractivity contribution in [1.29, 1.82) is 0 Å². The number of halogens is 4. The second kappa shape index (κ2) is 6.27. The van der Waals surface area contributed by atoms with Crippen LogP contribution in [0.2, 0.25) is 0 Å². The molecule has 0 saturated heterocycles. The van der Waals surface area contributed by atoms with Crippen molar-refractivity contribution in [3.63, 3.8) is 0 Å². The van der Waals surface area contributed by atoms with Gasteiger partial charge in [-0.1, -0.05) is 0 Å². The van der Waals surface area contributed by atoms with E-state index in [9.17, 15) is 13.2 Å². The molecule has 2 heterocycles. The van der Waals surface area contributed by atoms with Crippen LogP contribution in [-0.4, -0.2) is 19.6 Å². The maximum Gasteiger partial charge on any atom is 0.433 e. The molecule has 5 nitrogen and oxygen atoms in total. The highest BCUT2D eigenvalue weighted by atomic mass is 35.5. The number of alkyl halides is 3. The number of hydrogen-bond acceptors (Lipinski definition) is 3. The number of nitrogens with one attached hydrogen (secondary N) is 1. The smallest absolute Gasteiger partial charge is 0.305 e. The van der Waals surface area contributed by atoms with E-state index >= 15 is 0 Å². The number of nitrogens with zero attached hydrogens (tertiary/aromatic N) is 4. The van der Waals surface area contributed by atoms with E-state index in [4.69, 9.17) is 0 Å². The van der Waals surface area contributed by atoms with Crippen LogP contribution in [0.25, 0.3) is 0 Å². The van der Waals surface area contributed by atoms with Crippen molar-refractivity contribution in [2.24, 2.45) is 14.1 Å². The van der Waals surface area contributed by atoms with E-state index in [1.54, 1.807) is 17.9 Å². The van der Waals surface area contributed by atoms with Crippen LogP contribution in [-0.2, 0) is 33.4 Å².